The molecule has 1 aliphatic carbocycles. The van der Waals surface area contributed by atoms with Gasteiger partial charge in [-0.25, -0.2) is 0 Å². The number of pyridine rings is 1. The number of likely N-dealkylation sites (N-methyl/N-ethyl adjacent to an activating group) is 1. The van der Waals surface area contributed by atoms with Gasteiger partial charge in [-0.1, -0.05) is 6.07 Å². The summed E-state index contributed by atoms with van der Waals surface area (Å²) in [6.45, 7) is 0.964. The Hall–Kier alpha value is -0.930. The molecule has 0 atom stereocenters. The van der Waals surface area contributed by atoms with Crippen molar-refractivity contribution in [3.63, 3.8) is 0 Å². The van der Waals surface area contributed by atoms with Crippen molar-refractivity contribution in [2.75, 3.05) is 13.6 Å². The molecule has 1 aromatic heterocycles. The number of hydrogen-bond donors (Lipinski definition) is 2. The van der Waals surface area contributed by atoms with Crippen LogP contribution >= 0.6 is 0 Å². The van der Waals surface area contributed by atoms with Crippen LogP contribution in [-0.2, 0) is 5.41 Å². The topological polar surface area (TPSA) is 45.2 Å². The summed E-state index contributed by atoms with van der Waals surface area (Å²) >= 11 is 0. The van der Waals surface area contributed by atoms with Crippen molar-refractivity contribution in [2.45, 2.75) is 37.2 Å². The normalized spacial score (nSPS) is 30.2. The van der Waals surface area contributed by atoms with Gasteiger partial charge in [0.05, 0.1) is 6.10 Å². The minimum atomic E-state index is -0.110. The predicted molar refractivity (Wildman–Crippen MR) is 64.3 cm³/mol. The number of hydrogen-bond acceptors (Lipinski definition) is 3. The highest BCUT2D eigenvalue weighted by Gasteiger charge is 2.35. The van der Waals surface area contributed by atoms with Crippen molar-refractivity contribution in [3.05, 3.63) is 30.1 Å². The molecule has 3 nitrogen and oxygen atoms in total. The molecule has 0 aromatic carbocycles. The standard InChI is InChI=1S/C13H20N2O/c1-14-10-13(6-4-12(16)5-7-13)11-3-2-8-15-9-11/h2-3,8-9,12,14,16H,4-7,10H2,1H3. The molecule has 2 N–H and O–H groups in total. The van der Waals surface area contributed by atoms with E-state index in [4.69, 9.17) is 0 Å². The lowest BCUT2D eigenvalue weighted by molar-refractivity contribution is 0.0951. The summed E-state index contributed by atoms with van der Waals surface area (Å²) in [5, 5.41) is 12.9. The quantitative estimate of drug-likeness (QED) is 0.811. The SMILES string of the molecule is CNCC1(c2cccnc2)CCC(O)CC1. The molecule has 3 heteroatoms. The molecule has 0 amide bonds. The van der Waals surface area contributed by atoms with Gasteiger partial charge in [0.2, 0.25) is 0 Å². The third-order valence-corrected chi connectivity index (χ3v) is 3.70. The van der Waals surface area contributed by atoms with Gasteiger partial charge in [-0.05, 0) is 44.4 Å². The van der Waals surface area contributed by atoms with E-state index in [-0.39, 0.29) is 11.5 Å². The van der Waals surface area contributed by atoms with Crippen molar-refractivity contribution in [3.8, 4) is 0 Å². The van der Waals surface area contributed by atoms with Gasteiger partial charge in [0, 0.05) is 24.4 Å². The lowest BCUT2D eigenvalue weighted by Crippen LogP contribution is -2.41. The van der Waals surface area contributed by atoms with Gasteiger partial charge in [-0.15, -0.1) is 0 Å². The first-order valence-corrected chi connectivity index (χ1v) is 6.00. The van der Waals surface area contributed by atoms with Crippen molar-refractivity contribution < 1.29 is 5.11 Å². The van der Waals surface area contributed by atoms with E-state index in [1.165, 1.54) is 5.56 Å². The summed E-state index contributed by atoms with van der Waals surface area (Å²) in [6, 6.07) is 4.15. The number of rotatable bonds is 3. The molecule has 0 aliphatic heterocycles. The van der Waals surface area contributed by atoms with Crippen LogP contribution in [0.3, 0.4) is 0 Å². The lowest BCUT2D eigenvalue weighted by Gasteiger charge is -2.39. The van der Waals surface area contributed by atoms with E-state index in [9.17, 15) is 5.11 Å². The van der Waals surface area contributed by atoms with Crippen LogP contribution in [0.25, 0.3) is 0 Å². The van der Waals surface area contributed by atoms with E-state index < -0.39 is 0 Å². The largest absolute Gasteiger partial charge is 0.393 e. The van der Waals surface area contributed by atoms with Gasteiger partial charge in [0.1, 0.15) is 0 Å². The zero-order chi connectivity index (χ0) is 11.4. The molecular formula is C13H20N2O. The van der Waals surface area contributed by atoms with E-state index in [1.807, 2.05) is 25.5 Å². The number of aliphatic hydroxyl groups is 1. The second kappa shape index (κ2) is 4.93. The summed E-state index contributed by atoms with van der Waals surface area (Å²) in [5.41, 5.74) is 1.47. The molecule has 0 unspecified atom stereocenters. The Morgan fingerprint density at radius 1 is 1.50 bits per heavy atom. The zero-order valence-corrected chi connectivity index (χ0v) is 9.82. The molecule has 1 aromatic rings. The third-order valence-electron chi connectivity index (χ3n) is 3.70. The van der Waals surface area contributed by atoms with E-state index in [1.54, 1.807) is 0 Å². The first-order valence-electron chi connectivity index (χ1n) is 6.00. The van der Waals surface area contributed by atoms with Crippen molar-refractivity contribution in [2.24, 2.45) is 0 Å². The highest BCUT2D eigenvalue weighted by atomic mass is 16.3. The lowest BCUT2D eigenvalue weighted by atomic mass is 9.69. The fourth-order valence-electron chi connectivity index (χ4n) is 2.74. The van der Waals surface area contributed by atoms with Crippen molar-refractivity contribution in [1.82, 2.24) is 10.3 Å². The van der Waals surface area contributed by atoms with Crippen molar-refractivity contribution in [1.29, 1.82) is 0 Å². The number of nitrogens with zero attached hydrogens (tertiary/aromatic N) is 1. The van der Waals surface area contributed by atoms with E-state index in [0.717, 1.165) is 32.2 Å². The molecule has 0 spiro atoms. The minimum absolute atomic E-state index is 0.110. The minimum Gasteiger partial charge on any atom is -0.393 e. The second-order valence-corrected chi connectivity index (χ2v) is 4.78. The van der Waals surface area contributed by atoms with Gasteiger partial charge >= 0.3 is 0 Å². The molecule has 0 bridgehead atoms. The van der Waals surface area contributed by atoms with Gasteiger partial charge < -0.3 is 10.4 Å². The monoisotopic (exact) mass is 220 g/mol. The molecule has 1 heterocycles. The van der Waals surface area contributed by atoms with Crippen LogP contribution in [0.4, 0.5) is 0 Å². The Morgan fingerprint density at radius 3 is 2.81 bits per heavy atom. The summed E-state index contributed by atoms with van der Waals surface area (Å²) < 4.78 is 0. The van der Waals surface area contributed by atoms with Crippen LogP contribution in [-0.4, -0.2) is 29.8 Å². The highest BCUT2D eigenvalue weighted by molar-refractivity contribution is 5.23. The van der Waals surface area contributed by atoms with E-state index in [0.29, 0.717) is 0 Å². The Labute approximate surface area is 96.9 Å². The van der Waals surface area contributed by atoms with Gasteiger partial charge in [-0.3, -0.25) is 4.98 Å². The molecule has 0 saturated heterocycles. The maximum Gasteiger partial charge on any atom is 0.0541 e. The second-order valence-electron chi connectivity index (χ2n) is 4.78. The first-order chi connectivity index (χ1) is 7.77. The average molecular weight is 220 g/mol. The molecule has 2 rings (SSSR count). The van der Waals surface area contributed by atoms with Crippen LogP contribution in [0, 0.1) is 0 Å². The van der Waals surface area contributed by atoms with Gasteiger partial charge in [-0.2, -0.15) is 0 Å². The van der Waals surface area contributed by atoms with E-state index in [2.05, 4.69) is 16.4 Å². The van der Waals surface area contributed by atoms with Crippen LogP contribution < -0.4 is 5.32 Å². The summed E-state index contributed by atoms with van der Waals surface area (Å²) in [5.74, 6) is 0. The Kier molecular flexibility index (Phi) is 3.56. The smallest absolute Gasteiger partial charge is 0.0541 e. The molecular weight excluding hydrogens is 200 g/mol. The number of aromatic nitrogens is 1. The Bertz CT molecular complexity index is 318. The fraction of sp³-hybridized carbons (Fsp3) is 0.615. The van der Waals surface area contributed by atoms with Gasteiger partial charge in [0.15, 0.2) is 0 Å². The predicted octanol–water partition coefficient (Wildman–Crippen LogP) is 1.47. The Balaban J connectivity index is 2.22. The number of nitrogens with one attached hydrogen (secondary N) is 1. The molecule has 88 valence electrons. The maximum atomic E-state index is 9.62. The van der Waals surface area contributed by atoms with Crippen LogP contribution in [0.5, 0.6) is 0 Å². The van der Waals surface area contributed by atoms with Crippen molar-refractivity contribution >= 4 is 0 Å². The molecule has 0 radical (unpaired) electrons. The maximum absolute atomic E-state index is 9.62. The van der Waals surface area contributed by atoms with Crippen LogP contribution in [0.1, 0.15) is 31.2 Å². The Morgan fingerprint density at radius 2 is 2.25 bits per heavy atom. The van der Waals surface area contributed by atoms with Crippen LogP contribution in [0.15, 0.2) is 24.5 Å². The molecule has 1 saturated carbocycles. The molecule has 1 fully saturated rings. The van der Waals surface area contributed by atoms with E-state index >= 15 is 0 Å². The summed E-state index contributed by atoms with van der Waals surface area (Å²) in [7, 11) is 1.99. The number of aliphatic hydroxyl groups excluding tert-OH is 1. The first kappa shape index (κ1) is 11.6. The summed E-state index contributed by atoms with van der Waals surface area (Å²) in [6.07, 6.45) is 7.55. The van der Waals surface area contributed by atoms with Gasteiger partial charge in [0.25, 0.3) is 0 Å². The molecule has 16 heavy (non-hydrogen) atoms. The molecule has 1 aliphatic rings. The zero-order valence-electron chi connectivity index (χ0n) is 9.82. The fourth-order valence-corrected chi connectivity index (χ4v) is 2.74. The average Bonchev–Trinajstić information content (AvgIpc) is 2.34. The highest BCUT2D eigenvalue weighted by Crippen LogP contribution is 2.38. The van der Waals surface area contributed by atoms with Crippen LogP contribution in [0.2, 0.25) is 0 Å². The summed E-state index contributed by atoms with van der Waals surface area (Å²) in [4.78, 5) is 4.22. The third kappa shape index (κ3) is 2.25.